The van der Waals surface area contributed by atoms with Gasteiger partial charge in [0, 0.05) is 24.2 Å². The molecule has 2 aromatic carbocycles. The molecule has 1 aromatic heterocycles. The third-order valence-corrected chi connectivity index (χ3v) is 5.39. The van der Waals surface area contributed by atoms with Crippen molar-refractivity contribution < 1.29 is 14.6 Å². The zero-order chi connectivity index (χ0) is 20.5. The minimum Gasteiger partial charge on any atom is -0.496 e. The van der Waals surface area contributed by atoms with Gasteiger partial charge in [0.05, 0.1) is 31.8 Å². The van der Waals surface area contributed by atoms with E-state index in [2.05, 4.69) is 5.10 Å². The molecule has 0 bridgehead atoms. The molecule has 29 heavy (non-hydrogen) atoms. The van der Waals surface area contributed by atoms with Gasteiger partial charge in [0.15, 0.2) is 0 Å². The smallest absolute Gasteiger partial charge is 0.292 e. The quantitative estimate of drug-likeness (QED) is 0.708. The highest BCUT2D eigenvalue weighted by Crippen LogP contribution is 2.41. The molecule has 8 heteroatoms. The Kier molecular flexibility index (Phi) is 5.17. The number of ether oxygens (including phenoxy) is 2. The molecule has 2 heterocycles. The number of nitrogens with zero attached hydrogens (tertiary/aromatic N) is 3. The number of aliphatic hydroxyl groups is 1. The predicted molar refractivity (Wildman–Crippen MR) is 110 cm³/mol. The van der Waals surface area contributed by atoms with Crippen LogP contribution in [0.5, 0.6) is 11.5 Å². The fourth-order valence-corrected chi connectivity index (χ4v) is 3.91. The van der Waals surface area contributed by atoms with E-state index in [1.54, 1.807) is 44.7 Å². The Hall–Kier alpha value is -3.03. The van der Waals surface area contributed by atoms with Crippen molar-refractivity contribution in [2.45, 2.75) is 12.6 Å². The van der Waals surface area contributed by atoms with Gasteiger partial charge in [-0.15, -0.1) is 0 Å². The van der Waals surface area contributed by atoms with Crippen LogP contribution in [0.4, 0.5) is 5.69 Å². The van der Waals surface area contributed by atoms with E-state index in [9.17, 15) is 9.90 Å². The summed E-state index contributed by atoms with van der Waals surface area (Å²) in [5, 5.41) is 15.1. The van der Waals surface area contributed by atoms with Crippen molar-refractivity contribution in [2.24, 2.45) is 0 Å². The fourth-order valence-electron chi connectivity index (χ4n) is 3.66. The summed E-state index contributed by atoms with van der Waals surface area (Å²) in [5.41, 5.74) is 2.13. The molecule has 1 aliphatic heterocycles. The standard InChI is InChI=1S/C21H20ClN3O4/c1-28-17-8-9-18(29-2)19-14(17)11-24(12-16(19)26)15-10-23-25(21(27)20(15)22)13-6-4-3-5-7-13/h3-10,16,26H,11-12H2,1-2H3/t16-/m1/s1. The first-order chi connectivity index (χ1) is 14.0. The van der Waals surface area contributed by atoms with Crippen molar-refractivity contribution in [3.63, 3.8) is 0 Å². The van der Waals surface area contributed by atoms with Crippen LogP contribution in [0.1, 0.15) is 17.2 Å². The van der Waals surface area contributed by atoms with E-state index in [1.165, 1.54) is 4.68 Å². The first-order valence-electron chi connectivity index (χ1n) is 9.05. The zero-order valence-corrected chi connectivity index (χ0v) is 16.8. The molecule has 1 atom stereocenters. The van der Waals surface area contributed by atoms with Crippen LogP contribution in [-0.4, -0.2) is 35.7 Å². The molecule has 0 amide bonds. The second kappa shape index (κ2) is 7.77. The second-order valence-electron chi connectivity index (χ2n) is 6.65. The zero-order valence-electron chi connectivity index (χ0n) is 16.0. The maximum absolute atomic E-state index is 12.8. The monoisotopic (exact) mass is 413 g/mol. The van der Waals surface area contributed by atoms with Crippen molar-refractivity contribution in [3.05, 3.63) is 75.2 Å². The van der Waals surface area contributed by atoms with Crippen LogP contribution in [-0.2, 0) is 6.54 Å². The van der Waals surface area contributed by atoms with Gasteiger partial charge in [-0.05, 0) is 24.3 Å². The van der Waals surface area contributed by atoms with E-state index in [4.69, 9.17) is 21.1 Å². The summed E-state index contributed by atoms with van der Waals surface area (Å²) in [6.45, 7) is 0.635. The predicted octanol–water partition coefficient (Wildman–Crippen LogP) is 2.96. The molecule has 0 fully saturated rings. The van der Waals surface area contributed by atoms with E-state index < -0.39 is 11.7 Å². The van der Waals surface area contributed by atoms with Gasteiger partial charge in [0.1, 0.15) is 22.6 Å². The lowest BCUT2D eigenvalue weighted by Crippen LogP contribution is -2.36. The van der Waals surface area contributed by atoms with E-state index in [0.29, 0.717) is 35.0 Å². The number of β-amino-alcohol motifs (C(OH)–C–C–N with tert-alkyl or cyclic N) is 1. The molecular weight excluding hydrogens is 394 g/mol. The lowest BCUT2D eigenvalue weighted by molar-refractivity contribution is 0.169. The molecular formula is C21H20ClN3O4. The number of rotatable bonds is 4. The molecule has 0 saturated carbocycles. The average molecular weight is 414 g/mol. The SMILES string of the molecule is COc1ccc(OC)c2c1CN(c1cnn(-c3ccccc3)c(=O)c1Cl)C[C@H]2O. The average Bonchev–Trinajstić information content (AvgIpc) is 2.75. The van der Waals surface area contributed by atoms with Gasteiger partial charge in [-0.1, -0.05) is 29.8 Å². The molecule has 1 aliphatic rings. The summed E-state index contributed by atoms with van der Waals surface area (Å²) in [6.07, 6.45) is 0.706. The lowest BCUT2D eigenvalue weighted by atomic mass is 9.95. The van der Waals surface area contributed by atoms with E-state index >= 15 is 0 Å². The molecule has 0 saturated heterocycles. The Bertz CT molecular complexity index is 1100. The van der Waals surface area contributed by atoms with Gasteiger partial charge in [-0.2, -0.15) is 9.78 Å². The molecule has 150 valence electrons. The number of benzene rings is 2. The van der Waals surface area contributed by atoms with Crippen molar-refractivity contribution in [2.75, 3.05) is 25.7 Å². The number of hydrogen-bond donors (Lipinski definition) is 1. The Morgan fingerprint density at radius 1 is 1.10 bits per heavy atom. The van der Waals surface area contributed by atoms with Crippen LogP contribution in [0.2, 0.25) is 5.02 Å². The number of aromatic nitrogens is 2. The minimum absolute atomic E-state index is 0.0429. The topological polar surface area (TPSA) is 76.8 Å². The van der Waals surface area contributed by atoms with Crippen molar-refractivity contribution in [1.82, 2.24) is 9.78 Å². The largest absolute Gasteiger partial charge is 0.496 e. The molecule has 0 unspecified atom stereocenters. The third-order valence-electron chi connectivity index (χ3n) is 5.03. The van der Waals surface area contributed by atoms with Crippen LogP contribution in [0.3, 0.4) is 0 Å². The number of anilines is 1. The van der Waals surface area contributed by atoms with Gasteiger partial charge >= 0.3 is 0 Å². The van der Waals surface area contributed by atoms with Crippen LogP contribution in [0.25, 0.3) is 5.69 Å². The molecule has 4 rings (SSSR count). The first-order valence-corrected chi connectivity index (χ1v) is 9.43. The van der Waals surface area contributed by atoms with Crippen molar-refractivity contribution in [1.29, 1.82) is 0 Å². The van der Waals surface area contributed by atoms with Gasteiger partial charge in [0.2, 0.25) is 0 Å². The Morgan fingerprint density at radius 2 is 1.79 bits per heavy atom. The summed E-state index contributed by atoms with van der Waals surface area (Å²) in [5.74, 6) is 1.22. The number of aliphatic hydroxyl groups excluding tert-OH is 1. The normalized spacial score (nSPS) is 15.7. The first kappa shape index (κ1) is 19.3. The number of fused-ring (bicyclic) bond motifs is 1. The van der Waals surface area contributed by atoms with Crippen LogP contribution >= 0.6 is 11.6 Å². The summed E-state index contributed by atoms with van der Waals surface area (Å²) >= 11 is 6.44. The number of methoxy groups -OCH3 is 2. The lowest BCUT2D eigenvalue weighted by Gasteiger charge is -2.35. The third kappa shape index (κ3) is 3.32. The number of para-hydroxylation sites is 1. The van der Waals surface area contributed by atoms with Gasteiger partial charge in [-0.3, -0.25) is 4.79 Å². The van der Waals surface area contributed by atoms with Gasteiger partial charge in [-0.25, -0.2) is 0 Å². The number of halogens is 1. The van der Waals surface area contributed by atoms with E-state index in [1.807, 2.05) is 23.1 Å². The molecule has 0 radical (unpaired) electrons. The molecule has 0 aliphatic carbocycles. The van der Waals surface area contributed by atoms with Crippen LogP contribution in [0.15, 0.2) is 53.5 Å². The minimum atomic E-state index is -0.837. The molecule has 0 spiro atoms. The van der Waals surface area contributed by atoms with E-state index in [-0.39, 0.29) is 11.6 Å². The van der Waals surface area contributed by atoms with Crippen molar-refractivity contribution >= 4 is 17.3 Å². The van der Waals surface area contributed by atoms with Gasteiger partial charge in [0.25, 0.3) is 5.56 Å². The second-order valence-corrected chi connectivity index (χ2v) is 7.03. The molecule has 1 N–H and O–H groups in total. The summed E-state index contributed by atoms with van der Waals surface area (Å²) in [4.78, 5) is 14.6. The maximum Gasteiger partial charge on any atom is 0.292 e. The summed E-state index contributed by atoms with van der Waals surface area (Å²) in [6, 6.07) is 12.6. The fraction of sp³-hybridized carbons (Fsp3) is 0.238. The van der Waals surface area contributed by atoms with Gasteiger partial charge < -0.3 is 19.5 Å². The summed E-state index contributed by atoms with van der Waals surface area (Å²) < 4.78 is 12.1. The molecule has 7 nitrogen and oxygen atoms in total. The van der Waals surface area contributed by atoms with Crippen molar-refractivity contribution in [3.8, 4) is 17.2 Å². The highest BCUT2D eigenvalue weighted by Gasteiger charge is 2.31. The molecule has 3 aromatic rings. The maximum atomic E-state index is 12.8. The van der Waals surface area contributed by atoms with E-state index in [0.717, 1.165) is 5.56 Å². The summed E-state index contributed by atoms with van der Waals surface area (Å²) in [7, 11) is 3.13. The highest BCUT2D eigenvalue weighted by molar-refractivity contribution is 6.33. The van der Waals surface area contributed by atoms with Crippen LogP contribution < -0.4 is 19.9 Å². The number of hydrogen-bond acceptors (Lipinski definition) is 6. The van der Waals surface area contributed by atoms with Crippen LogP contribution in [0, 0.1) is 0 Å². The Morgan fingerprint density at radius 3 is 2.48 bits per heavy atom. The Balaban J connectivity index is 1.76. The highest BCUT2D eigenvalue weighted by atomic mass is 35.5. The Labute approximate surface area is 172 Å².